The molecule has 2 aromatic carbocycles. The van der Waals surface area contributed by atoms with Crippen molar-refractivity contribution in [3.05, 3.63) is 66.1 Å². The van der Waals surface area contributed by atoms with E-state index in [1.807, 2.05) is 43.3 Å². The zero-order chi connectivity index (χ0) is 15.4. The third-order valence-corrected chi connectivity index (χ3v) is 3.34. The number of nitrogens with zero attached hydrogens (tertiary/aromatic N) is 1. The van der Waals surface area contributed by atoms with Gasteiger partial charge in [0.1, 0.15) is 17.3 Å². The molecule has 1 N–H and O–H groups in total. The molecule has 0 spiro atoms. The molecule has 0 fully saturated rings. The van der Waals surface area contributed by atoms with E-state index in [1.54, 1.807) is 18.2 Å². The van der Waals surface area contributed by atoms with Gasteiger partial charge in [-0.15, -0.1) is 0 Å². The maximum Gasteiger partial charge on any atom is 0.226 e. The number of oxazole rings is 1. The summed E-state index contributed by atoms with van der Waals surface area (Å²) in [6.07, 6.45) is 0.651. The quantitative estimate of drug-likeness (QED) is 0.773. The first-order valence-electron chi connectivity index (χ1n) is 7.16. The normalized spacial score (nSPS) is 10.6. The maximum atomic E-state index is 9.40. The van der Waals surface area contributed by atoms with Gasteiger partial charge in [-0.3, -0.25) is 0 Å². The highest BCUT2D eigenvalue weighted by molar-refractivity contribution is 5.53. The lowest BCUT2D eigenvalue weighted by molar-refractivity contribution is 0.318. The average Bonchev–Trinajstić information content (AvgIpc) is 2.90. The third-order valence-electron chi connectivity index (χ3n) is 3.34. The standard InChI is InChI=1S/C18H17NO3/c1-13-17(10-11-21-16-9-5-8-15(20)12-16)19-18(22-13)14-6-3-2-4-7-14/h2-9,12,20H,10-11H2,1H3. The molecule has 4 nitrogen and oxygen atoms in total. The molecule has 0 aliphatic heterocycles. The summed E-state index contributed by atoms with van der Waals surface area (Å²) in [4.78, 5) is 4.53. The third kappa shape index (κ3) is 3.28. The molecule has 0 radical (unpaired) electrons. The van der Waals surface area contributed by atoms with Crippen molar-refractivity contribution in [3.8, 4) is 23.0 Å². The zero-order valence-corrected chi connectivity index (χ0v) is 12.3. The molecule has 4 heteroatoms. The number of hydrogen-bond acceptors (Lipinski definition) is 4. The molecule has 0 saturated heterocycles. The Labute approximate surface area is 129 Å². The van der Waals surface area contributed by atoms with Gasteiger partial charge in [-0.05, 0) is 31.2 Å². The molecule has 0 atom stereocenters. The smallest absolute Gasteiger partial charge is 0.226 e. The van der Waals surface area contributed by atoms with Crippen LogP contribution in [0.15, 0.2) is 59.0 Å². The van der Waals surface area contributed by atoms with E-state index in [0.29, 0.717) is 24.7 Å². The average molecular weight is 295 g/mol. The Bertz CT molecular complexity index is 750. The van der Waals surface area contributed by atoms with Crippen LogP contribution in [-0.4, -0.2) is 16.7 Å². The number of aromatic hydroxyl groups is 1. The number of phenolic OH excluding ortho intramolecular Hbond substituents is 1. The first-order chi connectivity index (χ1) is 10.7. The van der Waals surface area contributed by atoms with Crippen LogP contribution in [0.2, 0.25) is 0 Å². The molecule has 0 unspecified atom stereocenters. The lowest BCUT2D eigenvalue weighted by atomic mass is 10.2. The number of ether oxygens (including phenoxy) is 1. The zero-order valence-electron chi connectivity index (χ0n) is 12.3. The molecule has 0 saturated carbocycles. The number of phenols is 1. The number of aryl methyl sites for hydroxylation is 1. The molecule has 112 valence electrons. The van der Waals surface area contributed by atoms with E-state index in [1.165, 1.54) is 0 Å². The summed E-state index contributed by atoms with van der Waals surface area (Å²) in [5.74, 6) is 2.27. The number of aromatic nitrogens is 1. The van der Waals surface area contributed by atoms with Crippen molar-refractivity contribution in [2.24, 2.45) is 0 Å². The van der Waals surface area contributed by atoms with Crippen LogP contribution in [0.3, 0.4) is 0 Å². The lowest BCUT2D eigenvalue weighted by Gasteiger charge is -2.05. The number of benzene rings is 2. The molecule has 0 bridgehead atoms. The molecule has 0 aliphatic rings. The van der Waals surface area contributed by atoms with Gasteiger partial charge >= 0.3 is 0 Å². The van der Waals surface area contributed by atoms with E-state index in [0.717, 1.165) is 17.0 Å². The largest absolute Gasteiger partial charge is 0.508 e. The van der Waals surface area contributed by atoms with Gasteiger partial charge in [0.25, 0.3) is 0 Å². The van der Waals surface area contributed by atoms with Crippen LogP contribution in [0.1, 0.15) is 11.5 Å². The van der Waals surface area contributed by atoms with E-state index in [2.05, 4.69) is 4.98 Å². The molecule has 3 rings (SSSR count). The van der Waals surface area contributed by atoms with Gasteiger partial charge in [-0.2, -0.15) is 0 Å². The highest BCUT2D eigenvalue weighted by Gasteiger charge is 2.11. The SMILES string of the molecule is Cc1oc(-c2ccccc2)nc1CCOc1cccc(O)c1. The number of hydrogen-bond donors (Lipinski definition) is 1. The fourth-order valence-corrected chi connectivity index (χ4v) is 2.20. The van der Waals surface area contributed by atoms with E-state index in [4.69, 9.17) is 9.15 Å². The van der Waals surface area contributed by atoms with Crippen LogP contribution in [0.25, 0.3) is 11.5 Å². The van der Waals surface area contributed by atoms with Crippen LogP contribution in [0.5, 0.6) is 11.5 Å². The highest BCUT2D eigenvalue weighted by atomic mass is 16.5. The summed E-state index contributed by atoms with van der Waals surface area (Å²) in [5, 5.41) is 9.40. The van der Waals surface area contributed by atoms with Crippen LogP contribution < -0.4 is 4.74 Å². The van der Waals surface area contributed by atoms with Gasteiger partial charge in [-0.1, -0.05) is 24.3 Å². The van der Waals surface area contributed by atoms with Crippen LogP contribution >= 0.6 is 0 Å². The van der Waals surface area contributed by atoms with E-state index >= 15 is 0 Å². The number of rotatable bonds is 5. The first kappa shape index (κ1) is 14.2. The Morgan fingerprint density at radius 2 is 1.91 bits per heavy atom. The molecule has 0 aliphatic carbocycles. The minimum atomic E-state index is 0.196. The van der Waals surface area contributed by atoms with Gasteiger partial charge in [-0.25, -0.2) is 4.98 Å². The summed E-state index contributed by atoms with van der Waals surface area (Å²) < 4.78 is 11.3. The van der Waals surface area contributed by atoms with Crippen LogP contribution in [0, 0.1) is 6.92 Å². The molecule has 0 amide bonds. The Balaban J connectivity index is 1.65. The second-order valence-electron chi connectivity index (χ2n) is 4.98. The molecular weight excluding hydrogens is 278 g/mol. The lowest BCUT2D eigenvalue weighted by Crippen LogP contribution is -2.02. The molecule has 22 heavy (non-hydrogen) atoms. The highest BCUT2D eigenvalue weighted by Crippen LogP contribution is 2.22. The molecule has 1 heterocycles. The molecular formula is C18H17NO3. The van der Waals surface area contributed by atoms with E-state index in [9.17, 15) is 5.11 Å². The van der Waals surface area contributed by atoms with Gasteiger partial charge in [0.05, 0.1) is 12.3 Å². The second-order valence-corrected chi connectivity index (χ2v) is 4.98. The minimum Gasteiger partial charge on any atom is -0.508 e. The minimum absolute atomic E-state index is 0.196. The monoisotopic (exact) mass is 295 g/mol. The molecule has 1 aromatic heterocycles. The fourth-order valence-electron chi connectivity index (χ4n) is 2.20. The Kier molecular flexibility index (Phi) is 4.10. The summed E-state index contributed by atoms with van der Waals surface area (Å²) in [7, 11) is 0. The summed E-state index contributed by atoms with van der Waals surface area (Å²) in [6, 6.07) is 16.6. The van der Waals surface area contributed by atoms with Crippen LogP contribution in [0.4, 0.5) is 0 Å². The van der Waals surface area contributed by atoms with E-state index < -0.39 is 0 Å². The van der Waals surface area contributed by atoms with Crippen molar-refractivity contribution in [1.29, 1.82) is 0 Å². The van der Waals surface area contributed by atoms with Gasteiger partial charge < -0.3 is 14.3 Å². The summed E-state index contributed by atoms with van der Waals surface area (Å²) >= 11 is 0. The van der Waals surface area contributed by atoms with Crippen molar-refractivity contribution in [1.82, 2.24) is 4.98 Å². The Morgan fingerprint density at radius 1 is 1.09 bits per heavy atom. The Hall–Kier alpha value is -2.75. The Morgan fingerprint density at radius 3 is 2.68 bits per heavy atom. The maximum absolute atomic E-state index is 9.40. The fraction of sp³-hybridized carbons (Fsp3) is 0.167. The second kappa shape index (κ2) is 6.35. The van der Waals surface area contributed by atoms with E-state index in [-0.39, 0.29) is 5.75 Å². The van der Waals surface area contributed by atoms with Crippen molar-refractivity contribution in [2.45, 2.75) is 13.3 Å². The first-order valence-corrected chi connectivity index (χ1v) is 7.16. The van der Waals surface area contributed by atoms with Gasteiger partial charge in [0, 0.05) is 18.1 Å². The van der Waals surface area contributed by atoms with Crippen molar-refractivity contribution in [3.63, 3.8) is 0 Å². The van der Waals surface area contributed by atoms with Gasteiger partial charge in [0.15, 0.2) is 0 Å². The topological polar surface area (TPSA) is 55.5 Å². The summed E-state index contributed by atoms with van der Waals surface area (Å²) in [6.45, 7) is 2.38. The molecule has 3 aromatic rings. The van der Waals surface area contributed by atoms with Crippen molar-refractivity contribution in [2.75, 3.05) is 6.61 Å². The predicted molar refractivity (Wildman–Crippen MR) is 84.0 cm³/mol. The van der Waals surface area contributed by atoms with Crippen molar-refractivity contribution >= 4 is 0 Å². The van der Waals surface area contributed by atoms with Crippen LogP contribution in [-0.2, 0) is 6.42 Å². The van der Waals surface area contributed by atoms with Crippen molar-refractivity contribution < 1.29 is 14.3 Å². The predicted octanol–water partition coefficient (Wildman–Crippen LogP) is 3.98. The van der Waals surface area contributed by atoms with Gasteiger partial charge in [0.2, 0.25) is 5.89 Å². The summed E-state index contributed by atoms with van der Waals surface area (Å²) in [5.41, 5.74) is 1.85.